The molecule has 6 heteroatoms. The van der Waals surface area contributed by atoms with Crippen LogP contribution in [0.4, 0.5) is 0 Å². The Labute approximate surface area is 157 Å². The SMILES string of the molecule is CCOC(=O)C1CCC(NC(=NC)NC2CC(OCC)C23CCC3)CC1. The molecule has 6 nitrogen and oxygen atoms in total. The van der Waals surface area contributed by atoms with E-state index < -0.39 is 0 Å². The van der Waals surface area contributed by atoms with Gasteiger partial charge in [-0.2, -0.15) is 0 Å². The molecule has 3 rings (SSSR count). The average molecular weight is 366 g/mol. The lowest BCUT2D eigenvalue weighted by Crippen LogP contribution is -2.69. The van der Waals surface area contributed by atoms with Gasteiger partial charge in [-0.25, -0.2) is 0 Å². The highest BCUT2D eigenvalue weighted by atomic mass is 16.5. The highest BCUT2D eigenvalue weighted by molar-refractivity contribution is 5.80. The Morgan fingerprint density at radius 3 is 2.38 bits per heavy atom. The summed E-state index contributed by atoms with van der Waals surface area (Å²) in [6.45, 7) is 5.22. The Bertz CT molecular complexity index is 510. The van der Waals surface area contributed by atoms with Gasteiger partial charge in [0.2, 0.25) is 0 Å². The molecule has 2 N–H and O–H groups in total. The van der Waals surface area contributed by atoms with Gasteiger partial charge in [-0.15, -0.1) is 0 Å². The molecule has 0 aromatic carbocycles. The van der Waals surface area contributed by atoms with Crippen LogP contribution < -0.4 is 10.6 Å². The van der Waals surface area contributed by atoms with Crippen molar-refractivity contribution in [2.24, 2.45) is 16.3 Å². The predicted octanol–water partition coefficient (Wildman–Crippen LogP) is 2.62. The van der Waals surface area contributed by atoms with E-state index in [2.05, 4.69) is 22.5 Å². The molecule has 0 saturated heterocycles. The van der Waals surface area contributed by atoms with E-state index in [9.17, 15) is 4.79 Å². The van der Waals surface area contributed by atoms with Crippen molar-refractivity contribution in [2.45, 2.75) is 83.4 Å². The second kappa shape index (κ2) is 8.59. The standard InChI is InChI=1S/C20H35N3O3/c1-4-25-17-13-16(20(17)11-6-12-20)23-19(21-3)22-15-9-7-14(8-10-15)18(24)26-5-2/h14-17H,4-13H2,1-3H3,(H2,21,22,23). The van der Waals surface area contributed by atoms with Crippen molar-refractivity contribution in [2.75, 3.05) is 20.3 Å². The van der Waals surface area contributed by atoms with Gasteiger partial charge in [0.1, 0.15) is 0 Å². The number of hydrogen-bond acceptors (Lipinski definition) is 4. The van der Waals surface area contributed by atoms with Crippen LogP contribution in [0.1, 0.15) is 65.2 Å². The molecule has 148 valence electrons. The van der Waals surface area contributed by atoms with E-state index in [1.165, 1.54) is 19.3 Å². The fourth-order valence-corrected chi connectivity index (χ4v) is 4.90. The van der Waals surface area contributed by atoms with E-state index in [0.29, 0.717) is 30.2 Å². The zero-order valence-corrected chi connectivity index (χ0v) is 16.6. The fourth-order valence-electron chi connectivity index (χ4n) is 4.90. The Hall–Kier alpha value is -1.30. The van der Waals surface area contributed by atoms with Gasteiger partial charge in [0.15, 0.2) is 5.96 Å². The molecule has 3 aliphatic rings. The van der Waals surface area contributed by atoms with Crippen molar-refractivity contribution >= 4 is 11.9 Å². The van der Waals surface area contributed by atoms with E-state index in [1.54, 1.807) is 0 Å². The highest BCUT2D eigenvalue weighted by Crippen LogP contribution is 2.57. The first kappa shape index (κ1) is 19.5. The normalized spacial score (nSPS) is 33.1. The minimum atomic E-state index is -0.0307. The second-order valence-corrected chi connectivity index (χ2v) is 7.98. The van der Waals surface area contributed by atoms with Gasteiger partial charge < -0.3 is 20.1 Å². The Balaban J connectivity index is 1.45. The molecule has 1 spiro atoms. The summed E-state index contributed by atoms with van der Waals surface area (Å²) in [7, 11) is 1.84. The highest BCUT2D eigenvalue weighted by Gasteiger charge is 2.59. The summed E-state index contributed by atoms with van der Waals surface area (Å²) >= 11 is 0. The summed E-state index contributed by atoms with van der Waals surface area (Å²) < 4.78 is 11.1. The molecule has 0 radical (unpaired) electrons. The number of nitrogens with zero attached hydrogens (tertiary/aromatic N) is 1. The molecule has 0 aliphatic heterocycles. The largest absolute Gasteiger partial charge is 0.466 e. The van der Waals surface area contributed by atoms with Crippen LogP contribution >= 0.6 is 0 Å². The number of guanidine groups is 1. The van der Waals surface area contributed by atoms with Crippen molar-refractivity contribution in [3.63, 3.8) is 0 Å². The van der Waals surface area contributed by atoms with Crippen molar-refractivity contribution < 1.29 is 14.3 Å². The average Bonchev–Trinajstić information content (AvgIpc) is 2.59. The van der Waals surface area contributed by atoms with Crippen LogP contribution in [0.15, 0.2) is 4.99 Å². The molecule has 26 heavy (non-hydrogen) atoms. The molecule has 0 amide bonds. The third-order valence-electron chi connectivity index (χ3n) is 6.66. The van der Waals surface area contributed by atoms with Crippen molar-refractivity contribution in [1.29, 1.82) is 0 Å². The minimum Gasteiger partial charge on any atom is -0.466 e. The molecule has 2 unspecified atom stereocenters. The number of aliphatic imine (C=N–C) groups is 1. The minimum absolute atomic E-state index is 0.0307. The monoisotopic (exact) mass is 365 g/mol. The van der Waals surface area contributed by atoms with Crippen molar-refractivity contribution in [3.05, 3.63) is 0 Å². The number of hydrogen-bond donors (Lipinski definition) is 2. The first-order chi connectivity index (χ1) is 12.6. The van der Waals surface area contributed by atoms with E-state index in [1.807, 2.05) is 14.0 Å². The van der Waals surface area contributed by atoms with Crippen molar-refractivity contribution in [3.8, 4) is 0 Å². The number of nitrogens with one attached hydrogen (secondary N) is 2. The number of ether oxygens (including phenoxy) is 2. The van der Waals surface area contributed by atoms with Crippen LogP contribution in [0.5, 0.6) is 0 Å². The molecular weight excluding hydrogens is 330 g/mol. The molecule has 0 heterocycles. The van der Waals surface area contributed by atoms with Crippen LogP contribution in [-0.2, 0) is 14.3 Å². The van der Waals surface area contributed by atoms with Crippen LogP contribution in [-0.4, -0.2) is 50.4 Å². The zero-order chi connectivity index (χ0) is 18.6. The molecule has 0 bridgehead atoms. The van der Waals surface area contributed by atoms with E-state index in [4.69, 9.17) is 9.47 Å². The Morgan fingerprint density at radius 1 is 1.12 bits per heavy atom. The van der Waals surface area contributed by atoms with Gasteiger partial charge in [0.25, 0.3) is 0 Å². The van der Waals surface area contributed by atoms with Gasteiger partial charge in [-0.3, -0.25) is 9.79 Å². The van der Waals surface area contributed by atoms with Gasteiger partial charge in [0.05, 0.1) is 18.6 Å². The summed E-state index contributed by atoms with van der Waals surface area (Å²) in [5.74, 6) is 0.937. The number of carbonyl (C=O) groups is 1. The summed E-state index contributed by atoms with van der Waals surface area (Å²) in [5.41, 5.74) is 0.329. The maximum Gasteiger partial charge on any atom is 0.308 e. The molecule has 3 fully saturated rings. The summed E-state index contributed by atoms with van der Waals surface area (Å²) in [6, 6.07) is 0.849. The predicted molar refractivity (Wildman–Crippen MR) is 102 cm³/mol. The fraction of sp³-hybridized carbons (Fsp3) is 0.900. The molecule has 3 saturated carbocycles. The van der Waals surface area contributed by atoms with Crippen molar-refractivity contribution in [1.82, 2.24) is 10.6 Å². The van der Waals surface area contributed by atoms with E-state index >= 15 is 0 Å². The van der Waals surface area contributed by atoms with Crippen LogP contribution in [0, 0.1) is 11.3 Å². The summed E-state index contributed by atoms with van der Waals surface area (Å²) in [5, 5.41) is 7.23. The Kier molecular flexibility index (Phi) is 6.43. The molecule has 2 atom stereocenters. The third-order valence-corrected chi connectivity index (χ3v) is 6.66. The summed E-state index contributed by atoms with van der Waals surface area (Å²) in [4.78, 5) is 16.3. The smallest absolute Gasteiger partial charge is 0.308 e. The maximum atomic E-state index is 11.9. The number of rotatable bonds is 6. The molecular formula is C20H35N3O3. The van der Waals surface area contributed by atoms with Gasteiger partial charge in [-0.1, -0.05) is 6.42 Å². The number of esters is 1. The van der Waals surface area contributed by atoms with E-state index in [0.717, 1.165) is 44.7 Å². The molecule has 3 aliphatic carbocycles. The van der Waals surface area contributed by atoms with E-state index in [-0.39, 0.29) is 11.9 Å². The number of carbonyl (C=O) groups excluding carboxylic acids is 1. The molecule has 0 aromatic heterocycles. The molecule has 0 aromatic rings. The second-order valence-electron chi connectivity index (χ2n) is 7.98. The van der Waals surface area contributed by atoms with Crippen LogP contribution in [0.2, 0.25) is 0 Å². The third kappa shape index (κ3) is 3.85. The topological polar surface area (TPSA) is 72.0 Å². The quantitative estimate of drug-likeness (QED) is 0.430. The lowest BCUT2D eigenvalue weighted by Gasteiger charge is -2.61. The maximum absolute atomic E-state index is 11.9. The van der Waals surface area contributed by atoms with Gasteiger partial charge in [0, 0.05) is 31.2 Å². The Morgan fingerprint density at radius 2 is 1.85 bits per heavy atom. The van der Waals surface area contributed by atoms with Gasteiger partial charge in [-0.05, 0) is 58.8 Å². The first-order valence-corrected chi connectivity index (χ1v) is 10.4. The lowest BCUT2D eigenvalue weighted by molar-refractivity contribution is -0.168. The zero-order valence-electron chi connectivity index (χ0n) is 16.6. The summed E-state index contributed by atoms with van der Waals surface area (Å²) in [6.07, 6.45) is 9.09. The van der Waals surface area contributed by atoms with Gasteiger partial charge >= 0.3 is 5.97 Å². The first-order valence-electron chi connectivity index (χ1n) is 10.4. The van der Waals surface area contributed by atoms with Crippen LogP contribution in [0.25, 0.3) is 0 Å². The lowest BCUT2D eigenvalue weighted by atomic mass is 9.51. The van der Waals surface area contributed by atoms with Crippen LogP contribution in [0.3, 0.4) is 0 Å².